The van der Waals surface area contributed by atoms with Crippen molar-refractivity contribution in [2.75, 3.05) is 4.90 Å². The molecule has 2 amide bonds. The van der Waals surface area contributed by atoms with Gasteiger partial charge in [-0.15, -0.1) is 11.8 Å². The van der Waals surface area contributed by atoms with E-state index in [1.807, 2.05) is 70.2 Å². The highest BCUT2D eigenvalue weighted by atomic mass is 32.2. The second kappa shape index (κ2) is 6.89. The predicted molar refractivity (Wildman–Crippen MR) is 104 cm³/mol. The van der Waals surface area contributed by atoms with Gasteiger partial charge in [0.2, 0.25) is 0 Å². The number of hydrogen-bond donors (Lipinski definition) is 0. The fraction of sp³-hybridized carbons (Fsp3) is 0.238. The summed E-state index contributed by atoms with van der Waals surface area (Å²) in [6.45, 7) is 8.00. The molecule has 0 bridgehead atoms. The third kappa shape index (κ3) is 3.40. The van der Waals surface area contributed by atoms with Crippen molar-refractivity contribution < 1.29 is 9.59 Å². The number of anilines is 1. The quantitative estimate of drug-likeness (QED) is 0.747. The minimum Gasteiger partial charge on any atom is -0.268 e. The standard InChI is InChI=1S/C21H21NO2S/c1-13(2)25-19-18(16-10-8-14(3)9-11-16)20(23)22(21(19)24)17-7-5-6-15(4)12-17/h5-13H,1-4H3. The largest absolute Gasteiger partial charge is 0.272 e. The van der Waals surface area contributed by atoms with Gasteiger partial charge in [-0.2, -0.15) is 0 Å². The maximum atomic E-state index is 13.1. The summed E-state index contributed by atoms with van der Waals surface area (Å²) in [5.74, 6) is -0.479. The van der Waals surface area contributed by atoms with Gasteiger partial charge in [-0.3, -0.25) is 9.59 Å². The molecule has 0 saturated heterocycles. The molecular weight excluding hydrogens is 330 g/mol. The number of aryl methyl sites for hydroxylation is 2. The smallest absolute Gasteiger partial charge is 0.268 e. The Morgan fingerprint density at radius 1 is 0.880 bits per heavy atom. The molecule has 0 fully saturated rings. The van der Waals surface area contributed by atoms with E-state index in [-0.39, 0.29) is 17.1 Å². The average molecular weight is 351 g/mol. The molecule has 0 spiro atoms. The van der Waals surface area contributed by atoms with Crippen LogP contribution in [-0.2, 0) is 9.59 Å². The molecule has 128 valence electrons. The van der Waals surface area contributed by atoms with Gasteiger partial charge in [0.25, 0.3) is 11.8 Å². The highest BCUT2D eigenvalue weighted by Gasteiger charge is 2.40. The minimum absolute atomic E-state index is 0.213. The van der Waals surface area contributed by atoms with Crippen LogP contribution in [0, 0.1) is 13.8 Å². The first-order valence-corrected chi connectivity index (χ1v) is 9.20. The van der Waals surface area contributed by atoms with Crippen molar-refractivity contribution in [2.45, 2.75) is 32.9 Å². The lowest BCUT2D eigenvalue weighted by Gasteiger charge is -2.16. The number of benzene rings is 2. The van der Waals surface area contributed by atoms with Gasteiger partial charge in [0.15, 0.2) is 0 Å². The van der Waals surface area contributed by atoms with Crippen LogP contribution in [0.15, 0.2) is 53.4 Å². The van der Waals surface area contributed by atoms with Crippen molar-refractivity contribution in [1.82, 2.24) is 0 Å². The lowest BCUT2D eigenvalue weighted by Crippen LogP contribution is -2.31. The normalized spacial score (nSPS) is 14.8. The molecule has 2 aromatic carbocycles. The van der Waals surface area contributed by atoms with E-state index in [4.69, 9.17) is 0 Å². The fourth-order valence-electron chi connectivity index (χ4n) is 2.83. The van der Waals surface area contributed by atoms with Gasteiger partial charge in [0.05, 0.1) is 16.2 Å². The Bertz CT molecular complexity index is 866. The highest BCUT2D eigenvalue weighted by molar-refractivity contribution is 8.04. The van der Waals surface area contributed by atoms with Gasteiger partial charge in [-0.25, -0.2) is 4.90 Å². The second-order valence-corrected chi connectivity index (χ2v) is 8.11. The summed E-state index contributed by atoms with van der Waals surface area (Å²) < 4.78 is 0. The summed E-state index contributed by atoms with van der Waals surface area (Å²) in [5, 5.41) is 0.213. The van der Waals surface area contributed by atoms with E-state index in [9.17, 15) is 9.59 Å². The number of rotatable bonds is 4. The lowest BCUT2D eigenvalue weighted by atomic mass is 10.0. The van der Waals surface area contributed by atoms with E-state index >= 15 is 0 Å². The van der Waals surface area contributed by atoms with Crippen LogP contribution < -0.4 is 4.90 Å². The van der Waals surface area contributed by atoms with Crippen molar-refractivity contribution in [2.24, 2.45) is 0 Å². The van der Waals surface area contributed by atoms with E-state index < -0.39 is 0 Å². The molecule has 0 aliphatic carbocycles. The van der Waals surface area contributed by atoms with Crippen molar-refractivity contribution in [3.8, 4) is 0 Å². The van der Waals surface area contributed by atoms with Crippen LogP contribution in [0.25, 0.3) is 5.57 Å². The zero-order chi connectivity index (χ0) is 18.1. The predicted octanol–water partition coefficient (Wildman–Crippen LogP) is 4.73. The van der Waals surface area contributed by atoms with E-state index in [1.54, 1.807) is 6.07 Å². The number of hydrogen-bond acceptors (Lipinski definition) is 3. The molecule has 3 nitrogen and oxygen atoms in total. The van der Waals surface area contributed by atoms with Crippen LogP contribution in [0.5, 0.6) is 0 Å². The van der Waals surface area contributed by atoms with Gasteiger partial charge < -0.3 is 0 Å². The molecule has 1 heterocycles. The summed E-state index contributed by atoms with van der Waals surface area (Å²) in [5.41, 5.74) is 4.06. The van der Waals surface area contributed by atoms with E-state index in [2.05, 4.69) is 0 Å². The fourth-order valence-corrected chi connectivity index (χ4v) is 3.82. The van der Waals surface area contributed by atoms with E-state index in [0.29, 0.717) is 16.2 Å². The van der Waals surface area contributed by atoms with Crippen LogP contribution >= 0.6 is 11.8 Å². The van der Waals surface area contributed by atoms with Crippen molar-refractivity contribution in [3.63, 3.8) is 0 Å². The number of thioether (sulfide) groups is 1. The van der Waals surface area contributed by atoms with Gasteiger partial charge in [0.1, 0.15) is 0 Å². The Labute approximate surface area is 152 Å². The maximum absolute atomic E-state index is 13.1. The lowest BCUT2D eigenvalue weighted by molar-refractivity contribution is -0.119. The summed E-state index contributed by atoms with van der Waals surface area (Å²) in [4.78, 5) is 28.0. The molecule has 1 aliphatic heterocycles. The first-order chi connectivity index (χ1) is 11.9. The molecule has 0 N–H and O–H groups in total. The van der Waals surface area contributed by atoms with Crippen molar-refractivity contribution in [3.05, 3.63) is 70.1 Å². The van der Waals surface area contributed by atoms with Gasteiger partial charge in [0, 0.05) is 5.25 Å². The summed E-state index contributed by atoms with van der Waals surface area (Å²) in [6.07, 6.45) is 0. The zero-order valence-corrected chi connectivity index (χ0v) is 15.7. The zero-order valence-electron chi connectivity index (χ0n) is 14.9. The molecule has 25 heavy (non-hydrogen) atoms. The Balaban J connectivity index is 2.11. The molecule has 1 aliphatic rings. The van der Waals surface area contributed by atoms with Gasteiger partial charge in [-0.1, -0.05) is 55.8 Å². The SMILES string of the molecule is Cc1ccc(C2=C(SC(C)C)C(=O)N(c3cccc(C)c3)C2=O)cc1. The van der Waals surface area contributed by atoms with Crippen LogP contribution in [0.2, 0.25) is 0 Å². The molecule has 3 rings (SSSR count). The Morgan fingerprint density at radius 3 is 2.16 bits per heavy atom. The van der Waals surface area contributed by atoms with Crippen molar-refractivity contribution >= 4 is 34.8 Å². The number of nitrogens with zero attached hydrogens (tertiary/aromatic N) is 1. The van der Waals surface area contributed by atoms with E-state index in [1.165, 1.54) is 16.7 Å². The summed E-state index contributed by atoms with van der Waals surface area (Å²) >= 11 is 1.45. The third-order valence-corrected chi connectivity index (χ3v) is 5.08. The van der Waals surface area contributed by atoms with Crippen LogP contribution in [-0.4, -0.2) is 17.1 Å². The highest BCUT2D eigenvalue weighted by Crippen LogP contribution is 2.40. The number of amides is 2. The van der Waals surface area contributed by atoms with Gasteiger partial charge >= 0.3 is 0 Å². The number of carbonyl (C=O) groups is 2. The molecule has 0 radical (unpaired) electrons. The molecule has 2 aromatic rings. The second-order valence-electron chi connectivity index (χ2n) is 6.52. The first-order valence-electron chi connectivity index (χ1n) is 8.32. The average Bonchev–Trinajstić information content (AvgIpc) is 2.78. The van der Waals surface area contributed by atoms with Gasteiger partial charge in [-0.05, 0) is 37.1 Å². The van der Waals surface area contributed by atoms with Crippen LogP contribution in [0.4, 0.5) is 5.69 Å². The molecular formula is C21H21NO2S. The molecule has 4 heteroatoms. The first kappa shape index (κ1) is 17.5. The molecule has 0 unspecified atom stereocenters. The molecule has 0 saturated carbocycles. The van der Waals surface area contributed by atoms with Crippen LogP contribution in [0.1, 0.15) is 30.5 Å². The monoisotopic (exact) mass is 351 g/mol. The van der Waals surface area contributed by atoms with Crippen molar-refractivity contribution in [1.29, 1.82) is 0 Å². The number of imide groups is 1. The molecule has 0 atom stereocenters. The topological polar surface area (TPSA) is 37.4 Å². The van der Waals surface area contributed by atoms with Crippen LogP contribution in [0.3, 0.4) is 0 Å². The molecule has 0 aromatic heterocycles. The Morgan fingerprint density at radius 2 is 1.56 bits per heavy atom. The Kier molecular flexibility index (Phi) is 4.82. The summed E-state index contributed by atoms with van der Waals surface area (Å²) in [7, 11) is 0. The third-order valence-electron chi connectivity index (χ3n) is 4.00. The Hall–Kier alpha value is -2.33. The minimum atomic E-state index is -0.248. The number of carbonyl (C=O) groups excluding carboxylic acids is 2. The van der Waals surface area contributed by atoms with E-state index in [0.717, 1.165) is 16.7 Å². The maximum Gasteiger partial charge on any atom is 0.272 e. The summed E-state index contributed by atoms with van der Waals surface area (Å²) in [6, 6.07) is 15.2.